The maximum absolute atomic E-state index is 11.9. The third-order valence-electron chi connectivity index (χ3n) is 4.13. The number of anilines is 1. The number of carbonyl (C=O) groups excluding carboxylic acids is 1. The fourth-order valence-electron chi connectivity index (χ4n) is 2.77. The Morgan fingerprint density at radius 1 is 1.27 bits per heavy atom. The number of hydrogen-bond acceptors (Lipinski definition) is 3. The number of halogens is 2. The predicted molar refractivity (Wildman–Crippen MR) is 109 cm³/mol. The minimum Gasteiger partial charge on any atom is -0.385 e. The first-order valence-corrected chi connectivity index (χ1v) is 9.75. The fraction of sp³-hybridized carbons (Fsp3) is 0.529. The van der Waals surface area contributed by atoms with Gasteiger partial charge >= 0.3 is 0 Å². The lowest BCUT2D eigenvalue weighted by atomic mass is 10.3. The molecule has 9 heteroatoms. The highest BCUT2D eigenvalue weighted by Gasteiger charge is 2.23. The highest BCUT2D eigenvalue weighted by molar-refractivity contribution is 7.80. The lowest BCUT2D eigenvalue weighted by molar-refractivity contribution is -0.895. The lowest BCUT2D eigenvalue weighted by Crippen LogP contribution is -3.15. The van der Waals surface area contributed by atoms with E-state index in [1.165, 1.54) is 4.90 Å². The van der Waals surface area contributed by atoms with Crippen LogP contribution in [0.4, 0.5) is 5.69 Å². The van der Waals surface area contributed by atoms with Crippen molar-refractivity contribution in [3.05, 3.63) is 28.2 Å². The van der Waals surface area contributed by atoms with Crippen LogP contribution in [0.5, 0.6) is 0 Å². The zero-order valence-corrected chi connectivity index (χ0v) is 17.1. The molecule has 1 aliphatic rings. The topological polar surface area (TPSA) is 58.0 Å². The molecule has 0 saturated carbocycles. The molecule has 1 aliphatic heterocycles. The zero-order chi connectivity index (χ0) is 18.9. The minimum atomic E-state index is 0.0822. The summed E-state index contributed by atoms with van der Waals surface area (Å²) in [7, 11) is 1.66. The van der Waals surface area contributed by atoms with Crippen molar-refractivity contribution in [2.45, 2.75) is 6.42 Å². The normalized spacial score (nSPS) is 15.0. The van der Waals surface area contributed by atoms with E-state index in [1.54, 1.807) is 25.3 Å². The van der Waals surface area contributed by atoms with E-state index in [1.807, 2.05) is 0 Å². The van der Waals surface area contributed by atoms with E-state index in [9.17, 15) is 4.79 Å². The Balaban J connectivity index is 1.72. The Morgan fingerprint density at radius 2 is 1.92 bits per heavy atom. The van der Waals surface area contributed by atoms with Gasteiger partial charge in [-0.2, -0.15) is 0 Å². The van der Waals surface area contributed by atoms with E-state index in [-0.39, 0.29) is 5.91 Å². The Bertz CT molecular complexity index is 605. The van der Waals surface area contributed by atoms with Gasteiger partial charge in [-0.15, -0.1) is 0 Å². The summed E-state index contributed by atoms with van der Waals surface area (Å²) in [6.45, 7) is 5.13. The summed E-state index contributed by atoms with van der Waals surface area (Å²) in [4.78, 5) is 15.3. The van der Waals surface area contributed by atoms with Gasteiger partial charge in [-0.1, -0.05) is 23.2 Å². The molecule has 0 aliphatic carbocycles. The number of quaternary nitrogens is 1. The van der Waals surface area contributed by atoms with Crippen LogP contribution >= 0.6 is 35.4 Å². The molecule has 0 spiro atoms. The van der Waals surface area contributed by atoms with Gasteiger partial charge in [0.2, 0.25) is 0 Å². The number of piperazine rings is 1. The molecule has 0 bridgehead atoms. The zero-order valence-electron chi connectivity index (χ0n) is 14.8. The Morgan fingerprint density at radius 3 is 2.54 bits per heavy atom. The summed E-state index contributed by atoms with van der Waals surface area (Å²) in [5, 5.41) is 7.87. The smallest absolute Gasteiger partial charge is 0.275 e. The van der Waals surface area contributed by atoms with Crippen molar-refractivity contribution >= 4 is 52.1 Å². The summed E-state index contributed by atoms with van der Waals surface area (Å²) in [5.41, 5.74) is 0.776. The maximum atomic E-state index is 11.9. The molecule has 1 heterocycles. The van der Waals surface area contributed by atoms with Crippen LogP contribution in [0, 0.1) is 0 Å². The number of nitrogens with zero attached hydrogens (tertiary/aromatic N) is 1. The third kappa shape index (κ3) is 7.25. The van der Waals surface area contributed by atoms with Crippen LogP contribution in [-0.2, 0) is 9.53 Å². The van der Waals surface area contributed by atoms with Gasteiger partial charge in [-0.05, 0) is 36.8 Å². The van der Waals surface area contributed by atoms with Crippen LogP contribution < -0.4 is 15.5 Å². The van der Waals surface area contributed by atoms with Gasteiger partial charge in [-0.3, -0.25) is 4.79 Å². The molecule has 0 aromatic heterocycles. The van der Waals surface area contributed by atoms with E-state index < -0.39 is 0 Å². The molecule has 144 valence electrons. The molecule has 0 radical (unpaired) electrons. The van der Waals surface area contributed by atoms with Gasteiger partial charge < -0.3 is 25.2 Å². The van der Waals surface area contributed by atoms with E-state index in [0.29, 0.717) is 34.9 Å². The van der Waals surface area contributed by atoms with E-state index >= 15 is 0 Å². The molecule has 1 amide bonds. The highest BCUT2D eigenvalue weighted by atomic mass is 35.5. The van der Waals surface area contributed by atoms with Crippen molar-refractivity contribution < 1.29 is 14.4 Å². The van der Waals surface area contributed by atoms with Crippen molar-refractivity contribution in [2.24, 2.45) is 0 Å². The van der Waals surface area contributed by atoms with E-state index in [2.05, 4.69) is 15.5 Å². The molecule has 26 heavy (non-hydrogen) atoms. The first-order chi connectivity index (χ1) is 12.5. The second-order valence-electron chi connectivity index (χ2n) is 6.20. The SMILES string of the molecule is COCCCNC(=O)C[NH+]1CCN(C(=S)Nc2cc(Cl)cc(Cl)c2)CC1. The van der Waals surface area contributed by atoms with Crippen LogP contribution in [0.25, 0.3) is 0 Å². The predicted octanol–water partition coefficient (Wildman–Crippen LogP) is 1.04. The molecule has 1 fully saturated rings. The Labute approximate surface area is 169 Å². The number of carbonyl (C=O) groups is 1. The van der Waals surface area contributed by atoms with Crippen LogP contribution in [0.3, 0.4) is 0 Å². The molecular weight excluding hydrogens is 395 g/mol. The summed E-state index contributed by atoms with van der Waals surface area (Å²) >= 11 is 17.5. The number of methoxy groups -OCH3 is 1. The van der Waals surface area contributed by atoms with Crippen molar-refractivity contribution in [3.63, 3.8) is 0 Å². The summed E-state index contributed by atoms with van der Waals surface area (Å²) in [5.74, 6) is 0.0822. The van der Waals surface area contributed by atoms with Crippen molar-refractivity contribution in [1.29, 1.82) is 0 Å². The second-order valence-corrected chi connectivity index (χ2v) is 7.46. The molecule has 2 rings (SSSR count). The minimum absolute atomic E-state index is 0.0822. The number of ether oxygens (including phenoxy) is 1. The largest absolute Gasteiger partial charge is 0.385 e. The fourth-order valence-corrected chi connectivity index (χ4v) is 3.59. The summed E-state index contributed by atoms with van der Waals surface area (Å²) in [6.07, 6.45) is 0.832. The number of nitrogens with one attached hydrogen (secondary N) is 3. The molecule has 1 aromatic carbocycles. The van der Waals surface area contributed by atoms with Crippen molar-refractivity contribution in [2.75, 3.05) is 58.3 Å². The quantitative estimate of drug-likeness (QED) is 0.455. The maximum Gasteiger partial charge on any atom is 0.275 e. The van der Waals surface area contributed by atoms with Gasteiger partial charge in [0, 0.05) is 36.0 Å². The number of amides is 1. The average Bonchev–Trinajstić information content (AvgIpc) is 2.58. The van der Waals surface area contributed by atoms with Gasteiger partial charge in [-0.25, -0.2) is 0 Å². The van der Waals surface area contributed by atoms with Gasteiger partial charge in [0.1, 0.15) is 0 Å². The second kappa shape index (κ2) is 10.9. The van der Waals surface area contributed by atoms with E-state index in [4.69, 9.17) is 40.2 Å². The molecule has 0 unspecified atom stereocenters. The molecule has 1 saturated heterocycles. The monoisotopic (exact) mass is 419 g/mol. The van der Waals surface area contributed by atoms with Crippen LogP contribution in [0.15, 0.2) is 18.2 Å². The molecular formula is C17H25Cl2N4O2S+. The van der Waals surface area contributed by atoms with E-state index in [0.717, 1.165) is 38.3 Å². The average molecular weight is 420 g/mol. The van der Waals surface area contributed by atoms with Crippen LogP contribution in [-0.4, -0.2) is 68.9 Å². The van der Waals surface area contributed by atoms with Crippen LogP contribution in [0.1, 0.15) is 6.42 Å². The molecule has 1 aromatic rings. The molecule has 3 N–H and O–H groups in total. The molecule has 6 nitrogen and oxygen atoms in total. The Kier molecular flexibility index (Phi) is 8.87. The lowest BCUT2D eigenvalue weighted by Gasteiger charge is -2.33. The number of rotatable bonds is 7. The molecule has 0 atom stereocenters. The van der Waals surface area contributed by atoms with Gasteiger partial charge in [0.05, 0.1) is 26.2 Å². The highest BCUT2D eigenvalue weighted by Crippen LogP contribution is 2.22. The van der Waals surface area contributed by atoms with Gasteiger partial charge in [0.25, 0.3) is 5.91 Å². The third-order valence-corrected chi connectivity index (χ3v) is 4.93. The first kappa shape index (κ1) is 21.2. The van der Waals surface area contributed by atoms with Crippen molar-refractivity contribution in [3.8, 4) is 0 Å². The number of thiocarbonyl (C=S) groups is 1. The van der Waals surface area contributed by atoms with Gasteiger partial charge in [0.15, 0.2) is 11.7 Å². The number of hydrogen-bond donors (Lipinski definition) is 3. The number of benzene rings is 1. The van der Waals surface area contributed by atoms with Crippen molar-refractivity contribution in [1.82, 2.24) is 10.2 Å². The standard InChI is InChI=1S/C17H24Cl2N4O2S/c1-25-8-2-3-20-16(24)12-22-4-6-23(7-5-22)17(26)21-15-10-13(18)9-14(19)11-15/h9-11H,2-8,12H2,1H3,(H,20,24)(H,21,26)/p+1. The summed E-state index contributed by atoms with van der Waals surface area (Å²) in [6, 6.07) is 5.25. The first-order valence-electron chi connectivity index (χ1n) is 8.59. The Hall–Kier alpha value is -1.12. The van der Waals surface area contributed by atoms with Crippen LogP contribution in [0.2, 0.25) is 10.0 Å². The summed E-state index contributed by atoms with van der Waals surface area (Å²) < 4.78 is 4.97.